The molecule has 0 aliphatic rings. The largest absolute Gasteiger partial charge is 0.493 e. The van der Waals surface area contributed by atoms with Crippen LogP contribution in [0.5, 0.6) is 11.5 Å². The molecule has 26 heavy (non-hydrogen) atoms. The van der Waals surface area contributed by atoms with Crippen molar-refractivity contribution in [1.82, 2.24) is 0 Å². The van der Waals surface area contributed by atoms with Gasteiger partial charge in [0.25, 0.3) is 0 Å². The van der Waals surface area contributed by atoms with Crippen molar-refractivity contribution in [3.63, 3.8) is 0 Å². The van der Waals surface area contributed by atoms with E-state index in [0.717, 1.165) is 5.56 Å². The first-order chi connectivity index (χ1) is 12.3. The maximum absolute atomic E-state index is 12.0. The molecule has 0 saturated heterocycles. The molecule has 0 radical (unpaired) electrons. The number of hydrogen-bond acceptors (Lipinski definition) is 5. The van der Waals surface area contributed by atoms with Crippen LogP contribution in [0.4, 0.5) is 5.69 Å². The van der Waals surface area contributed by atoms with Gasteiger partial charge in [-0.3, -0.25) is 4.79 Å². The number of amides is 1. The van der Waals surface area contributed by atoms with Gasteiger partial charge >= 0.3 is 0 Å². The third kappa shape index (κ3) is 5.75. The van der Waals surface area contributed by atoms with E-state index < -0.39 is 10.0 Å². The summed E-state index contributed by atoms with van der Waals surface area (Å²) in [6.07, 6.45) is 0.117. The molecule has 0 aliphatic heterocycles. The SMILES string of the molecule is CCOc1ccc(NC(=O)CCOc2ccc(C)cc2)cc1S(N)(=O)=O. The maximum Gasteiger partial charge on any atom is 0.241 e. The Hall–Kier alpha value is -2.58. The highest BCUT2D eigenvalue weighted by Gasteiger charge is 2.16. The zero-order valence-electron chi connectivity index (χ0n) is 14.7. The van der Waals surface area contributed by atoms with Crippen LogP contribution in [0.15, 0.2) is 47.4 Å². The van der Waals surface area contributed by atoms with Gasteiger partial charge in [0.2, 0.25) is 15.9 Å². The number of carbonyl (C=O) groups is 1. The van der Waals surface area contributed by atoms with Crippen molar-refractivity contribution in [3.8, 4) is 11.5 Å². The predicted octanol–water partition coefficient (Wildman–Crippen LogP) is 2.45. The number of carbonyl (C=O) groups excluding carboxylic acids is 1. The summed E-state index contributed by atoms with van der Waals surface area (Å²) in [5, 5.41) is 7.83. The molecule has 1 amide bonds. The zero-order chi connectivity index (χ0) is 19.2. The van der Waals surface area contributed by atoms with Crippen LogP contribution in [0, 0.1) is 6.92 Å². The van der Waals surface area contributed by atoms with E-state index in [2.05, 4.69) is 5.32 Å². The van der Waals surface area contributed by atoms with Crippen LogP contribution in [0.3, 0.4) is 0 Å². The number of ether oxygens (including phenoxy) is 2. The number of sulfonamides is 1. The van der Waals surface area contributed by atoms with Crippen LogP contribution in [0.2, 0.25) is 0 Å². The number of nitrogens with two attached hydrogens (primary N) is 1. The third-order valence-corrected chi connectivity index (χ3v) is 4.38. The van der Waals surface area contributed by atoms with Crippen molar-refractivity contribution < 1.29 is 22.7 Å². The Kier molecular flexibility index (Phi) is 6.59. The Morgan fingerprint density at radius 3 is 2.42 bits per heavy atom. The predicted molar refractivity (Wildman–Crippen MR) is 98.9 cm³/mol. The first-order valence-electron chi connectivity index (χ1n) is 8.08. The smallest absolute Gasteiger partial charge is 0.241 e. The monoisotopic (exact) mass is 378 g/mol. The summed E-state index contributed by atoms with van der Waals surface area (Å²) in [6.45, 7) is 4.21. The lowest BCUT2D eigenvalue weighted by atomic mass is 10.2. The van der Waals surface area contributed by atoms with Gasteiger partial charge in [-0.15, -0.1) is 0 Å². The lowest BCUT2D eigenvalue weighted by Gasteiger charge is -2.12. The standard InChI is InChI=1S/C18H22N2O5S/c1-3-24-16-9-6-14(12-17(16)26(19,22)23)20-18(21)10-11-25-15-7-4-13(2)5-8-15/h4-9,12H,3,10-11H2,1-2H3,(H,20,21)(H2,19,22,23). The van der Waals surface area contributed by atoms with Crippen molar-refractivity contribution in [2.75, 3.05) is 18.5 Å². The second-order valence-corrected chi connectivity index (χ2v) is 7.13. The zero-order valence-corrected chi connectivity index (χ0v) is 15.5. The van der Waals surface area contributed by atoms with E-state index in [1.54, 1.807) is 13.0 Å². The highest BCUT2D eigenvalue weighted by atomic mass is 32.2. The van der Waals surface area contributed by atoms with Crippen molar-refractivity contribution in [1.29, 1.82) is 0 Å². The fourth-order valence-electron chi connectivity index (χ4n) is 2.20. The van der Waals surface area contributed by atoms with E-state index in [9.17, 15) is 13.2 Å². The number of rotatable bonds is 8. The van der Waals surface area contributed by atoms with Crippen LogP contribution >= 0.6 is 0 Å². The summed E-state index contributed by atoms with van der Waals surface area (Å²) in [5.74, 6) is 0.526. The van der Waals surface area contributed by atoms with Gasteiger partial charge in [0.15, 0.2) is 0 Å². The number of hydrogen-bond donors (Lipinski definition) is 2. The minimum Gasteiger partial charge on any atom is -0.493 e. The molecule has 0 aromatic heterocycles. The number of aryl methyl sites for hydroxylation is 1. The van der Waals surface area contributed by atoms with Gasteiger partial charge in [-0.05, 0) is 44.2 Å². The van der Waals surface area contributed by atoms with Crippen LogP contribution in [-0.4, -0.2) is 27.5 Å². The lowest BCUT2D eigenvalue weighted by molar-refractivity contribution is -0.116. The van der Waals surface area contributed by atoms with E-state index in [-0.39, 0.29) is 29.6 Å². The molecule has 2 aromatic rings. The van der Waals surface area contributed by atoms with Crippen LogP contribution < -0.4 is 19.9 Å². The molecule has 2 rings (SSSR count). The van der Waals surface area contributed by atoms with Gasteiger partial charge in [0.05, 0.1) is 19.6 Å². The topological polar surface area (TPSA) is 108 Å². The lowest BCUT2D eigenvalue weighted by Crippen LogP contribution is -2.17. The summed E-state index contributed by atoms with van der Waals surface area (Å²) in [5.41, 5.74) is 1.44. The van der Waals surface area contributed by atoms with E-state index in [4.69, 9.17) is 14.6 Å². The van der Waals surface area contributed by atoms with Gasteiger partial charge in [-0.2, -0.15) is 0 Å². The van der Waals surface area contributed by atoms with Crippen molar-refractivity contribution in [2.24, 2.45) is 5.14 Å². The van der Waals surface area contributed by atoms with Crippen LogP contribution in [0.25, 0.3) is 0 Å². The van der Waals surface area contributed by atoms with E-state index in [1.807, 2.05) is 31.2 Å². The van der Waals surface area contributed by atoms with Crippen molar-refractivity contribution in [3.05, 3.63) is 48.0 Å². The van der Waals surface area contributed by atoms with E-state index in [1.165, 1.54) is 12.1 Å². The fraction of sp³-hybridized carbons (Fsp3) is 0.278. The molecule has 0 unspecified atom stereocenters. The van der Waals surface area contributed by atoms with Crippen molar-refractivity contribution in [2.45, 2.75) is 25.2 Å². The molecule has 140 valence electrons. The normalized spacial score (nSPS) is 11.0. The number of nitrogens with one attached hydrogen (secondary N) is 1. The minimum absolute atomic E-state index is 0.117. The van der Waals surface area contributed by atoms with Gasteiger partial charge in [-0.25, -0.2) is 13.6 Å². The molecule has 0 saturated carbocycles. The summed E-state index contributed by atoms with van der Waals surface area (Å²) < 4.78 is 34.1. The number of primary sulfonamides is 1. The van der Waals surface area contributed by atoms with Gasteiger partial charge < -0.3 is 14.8 Å². The molecule has 0 aliphatic carbocycles. The first-order valence-corrected chi connectivity index (χ1v) is 9.63. The molecule has 7 nitrogen and oxygen atoms in total. The second kappa shape index (κ2) is 8.68. The van der Waals surface area contributed by atoms with E-state index >= 15 is 0 Å². The Labute approximate surface area is 153 Å². The summed E-state index contributed by atoms with van der Waals surface area (Å²) in [7, 11) is -3.97. The third-order valence-electron chi connectivity index (χ3n) is 3.45. The Bertz CT molecular complexity index is 864. The quantitative estimate of drug-likeness (QED) is 0.733. The van der Waals surface area contributed by atoms with Crippen LogP contribution in [0.1, 0.15) is 18.9 Å². The van der Waals surface area contributed by atoms with Gasteiger partial charge in [-0.1, -0.05) is 17.7 Å². The van der Waals surface area contributed by atoms with Crippen LogP contribution in [-0.2, 0) is 14.8 Å². The minimum atomic E-state index is -3.97. The summed E-state index contributed by atoms with van der Waals surface area (Å²) in [4.78, 5) is 11.9. The molecule has 0 bridgehead atoms. The Morgan fingerprint density at radius 2 is 1.81 bits per heavy atom. The molecule has 0 atom stereocenters. The molecule has 0 heterocycles. The van der Waals surface area contributed by atoms with Gasteiger partial charge in [0, 0.05) is 5.69 Å². The first kappa shape index (κ1) is 19.7. The molecule has 0 spiro atoms. The van der Waals surface area contributed by atoms with Crippen molar-refractivity contribution >= 4 is 21.6 Å². The molecular weight excluding hydrogens is 356 g/mol. The van der Waals surface area contributed by atoms with E-state index in [0.29, 0.717) is 18.0 Å². The number of benzene rings is 2. The molecule has 3 N–H and O–H groups in total. The highest BCUT2D eigenvalue weighted by Crippen LogP contribution is 2.26. The number of anilines is 1. The molecule has 2 aromatic carbocycles. The summed E-state index contributed by atoms with van der Waals surface area (Å²) in [6, 6.07) is 11.8. The highest BCUT2D eigenvalue weighted by molar-refractivity contribution is 7.89. The average Bonchev–Trinajstić information content (AvgIpc) is 2.57. The molecule has 0 fully saturated rings. The average molecular weight is 378 g/mol. The Balaban J connectivity index is 1.96. The summed E-state index contributed by atoms with van der Waals surface area (Å²) >= 11 is 0. The molecule has 8 heteroatoms. The second-order valence-electron chi connectivity index (χ2n) is 5.60. The fourth-order valence-corrected chi connectivity index (χ4v) is 2.90. The Morgan fingerprint density at radius 1 is 1.12 bits per heavy atom. The molecular formula is C18H22N2O5S. The maximum atomic E-state index is 12.0. The van der Waals surface area contributed by atoms with Gasteiger partial charge in [0.1, 0.15) is 16.4 Å².